The molecule has 1 rings (SSSR count). The third kappa shape index (κ3) is 4.20. The lowest BCUT2D eigenvalue weighted by atomic mass is 10.1. The average molecular weight is 283 g/mol. The molecule has 5 heteroatoms. The van der Waals surface area contributed by atoms with Gasteiger partial charge >= 0.3 is 0 Å². The Labute approximate surface area is 121 Å². The lowest BCUT2D eigenvalue weighted by molar-refractivity contribution is 0.108. The van der Waals surface area contributed by atoms with Crippen LogP contribution in [0.15, 0.2) is 12.1 Å². The first-order valence-corrected chi connectivity index (χ1v) is 6.67. The first-order valence-electron chi connectivity index (χ1n) is 6.67. The molecule has 0 unspecified atom stereocenters. The molecule has 0 aliphatic heterocycles. The minimum absolute atomic E-state index is 0.333. The van der Waals surface area contributed by atoms with Crippen LogP contribution < -0.4 is 24.3 Å². The quantitative estimate of drug-likeness (QED) is 0.794. The fourth-order valence-corrected chi connectivity index (χ4v) is 1.90. The standard InChI is InChI=1S/C15H25NO4/c1-7-16-10-15(2,3)20-11-8-12(17-4)14(19-6)13(9-11)18-5/h8-9,16H,7,10H2,1-6H3. The molecule has 0 radical (unpaired) electrons. The highest BCUT2D eigenvalue weighted by molar-refractivity contribution is 5.56. The number of benzene rings is 1. The molecule has 20 heavy (non-hydrogen) atoms. The molecule has 0 aliphatic carbocycles. The second-order valence-electron chi connectivity index (χ2n) is 5.00. The molecule has 0 heterocycles. The number of nitrogens with one attached hydrogen (secondary N) is 1. The van der Waals surface area contributed by atoms with Crippen LogP contribution in [0.3, 0.4) is 0 Å². The Kier molecular flexibility index (Phi) is 5.95. The van der Waals surface area contributed by atoms with Crippen LogP contribution in [0.5, 0.6) is 23.0 Å². The van der Waals surface area contributed by atoms with Gasteiger partial charge in [-0.25, -0.2) is 0 Å². The maximum atomic E-state index is 6.01. The molecule has 0 fully saturated rings. The van der Waals surface area contributed by atoms with Gasteiger partial charge in [-0.15, -0.1) is 0 Å². The lowest BCUT2D eigenvalue weighted by Crippen LogP contribution is -2.40. The summed E-state index contributed by atoms with van der Waals surface area (Å²) in [5.41, 5.74) is -0.333. The predicted molar refractivity (Wildman–Crippen MR) is 79.3 cm³/mol. The van der Waals surface area contributed by atoms with Crippen molar-refractivity contribution in [1.82, 2.24) is 5.32 Å². The molecule has 0 spiro atoms. The minimum atomic E-state index is -0.333. The Morgan fingerprint density at radius 1 is 1.00 bits per heavy atom. The van der Waals surface area contributed by atoms with Crippen LogP contribution in [0.4, 0.5) is 0 Å². The zero-order chi connectivity index (χ0) is 15.2. The fraction of sp³-hybridized carbons (Fsp3) is 0.600. The number of hydrogen-bond donors (Lipinski definition) is 1. The normalized spacial score (nSPS) is 11.1. The van der Waals surface area contributed by atoms with Gasteiger partial charge in [-0.1, -0.05) is 6.92 Å². The van der Waals surface area contributed by atoms with Gasteiger partial charge in [0.05, 0.1) is 21.3 Å². The van der Waals surface area contributed by atoms with E-state index in [1.165, 1.54) is 0 Å². The molecule has 0 amide bonds. The molecule has 1 aromatic carbocycles. The first-order chi connectivity index (χ1) is 9.47. The largest absolute Gasteiger partial charge is 0.493 e. The number of ether oxygens (including phenoxy) is 4. The van der Waals surface area contributed by atoms with E-state index in [2.05, 4.69) is 12.2 Å². The van der Waals surface area contributed by atoms with Crippen LogP contribution in [0, 0.1) is 0 Å². The van der Waals surface area contributed by atoms with Crippen molar-refractivity contribution in [3.63, 3.8) is 0 Å². The van der Waals surface area contributed by atoms with Gasteiger partial charge in [-0.3, -0.25) is 0 Å². The third-order valence-corrected chi connectivity index (χ3v) is 2.83. The van der Waals surface area contributed by atoms with Gasteiger partial charge in [0, 0.05) is 18.7 Å². The Hall–Kier alpha value is -1.62. The second-order valence-corrected chi connectivity index (χ2v) is 5.00. The summed E-state index contributed by atoms with van der Waals surface area (Å²) >= 11 is 0. The van der Waals surface area contributed by atoms with Gasteiger partial charge in [0.2, 0.25) is 5.75 Å². The van der Waals surface area contributed by atoms with Gasteiger partial charge in [-0.2, -0.15) is 0 Å². The number of methoxy groups -OCH3 is 3. The van der Waals surface area contributed by atoms with Crippen molar-refractivity contribution in [3.8, 4) is 23.0 Å². The summed E-state index contributed by atoms with van der Waals surface area (Å²) < 4.78 is 21.9. The summed E-state index contributed by atoms with van der Waals surface area (Å²) in [5, 5.41) is 3.28. The number of rotatable bonds is 8. The smallest absolute Gasteiger partial charge is 0.203 e. The first kappa shape index (κ1) is 16.4. The van der Waals surface area contributed by atoms with Crippen molar-refractivity contribution in [3.05, 3.63) is 12.1 Å². The molecule has 5 nitrogen and oxygen atoms in total. The highest BCUT2D eigenvalue weighted by Crippen LogP contribution is 2.41. The highest BCUT2D eigenvalue weighted by atomic mass is 16.5. The van der Waals surface area contributed by atoms with Gasteiger partial charge in [0.25, 0.3) is 0 Å². The third-order valence-electron chi connectivity index (χ3n) is 2.83. The molecule has 0 saturated carbocycles. The van der Waals surface area contributed by atoms with E-state index in [-0.39, 0.29) is 5.60 Å². The van der Waals surface area contributed by atoms with E-state index in [0.717, 1.165) is 13.1 Å². The topological polar surface area (TPSA) is 49.0 Å². The SMILES string of the molecule is CCNCC(C)(C)Oc1cc(OC)c(OC)c(OC)c1. The molecular weight excluding hydrogens is 258 g/mol. The Morgan fingerprint density at radius 2 is 1.55 bits per heavy atom. The summed E-state index contributed by atoms with van der Waals surface area (Å²) in [6.07, 6.45) is 0. The molecule has 0 aliphatic rings. The lowest BCUT2D eigenvalue weighted by Gasteiger charge is -2.27. The second kappa shape index (κ2) is 7.24. The van der Waals surface area contributed by atoms with Crippen molar-refractivity contribution in [1.29, 1.82) is 0 Å². The highest BCUT2D eigenvalue weighted by Gasteiger charge is 2.21. The Bertz CT molecular complexity index is 407. The average Bonchev–Trinajstić information content (AvgIpc) is 2.43. The Morgan fingerprint density at radius 3 is 1.95 bits per heavy atom. The Balaban J connectivity index is 3.01. The van der Waals surface area contributed by atoms with Crippen LogP contribution in [-0.4, -0.2) is 40.0 Å². The number of likely N-dealkylation sites (N-methyl/N-ethyl adjacent to an activating group) is 1. The van der Waals surface area contributed by atoms with E-state index >= 15 is 0 Å². The molecule has 0 atom stereocenters. The van der Waals surface area contributed by atoms with E-state index in [0.29, 0.717) is 23.0 Å². The monoisotopic (exact) mass is 283 g/mol. The molecule has 1 N–H and O–H groups in total. The van der Waals surface area contributed by atoms with Crippen molar-refractivity contribution >= 4 is 0 Å². The van der Waals surface area contributed by atoms with E-state index in [1.54, 1.807) is 33.5 Å². The van der Waals surface area contributed by atoms with E-state index in [9.17, 15) is 0 Å². The van der Waals surface area contributed by atoms with Gasteiger partial charge in [0.15, 0.2) is 11.5 Å². The summed E-state index contributed by atoms with van der Waals surface area (Å²) in [7, 11) is 4.76. The minimum Gasteiger partial charge on any atom is -0.493 e. The van der Waals surface area contributed by atoms with Crippen molar-refractivity contribution in [2.75, 3.05) is 34.4 Å². The van der Waals surface area contributed by atoms with E-state index < -0.39 is 0 Å². The zero-order valence-electron chi connectivity index (χ0n) is 13.2. The van der Waals surface area contributed by atoms with Gasteiger partial charge < -0.3 is 24.3 Å². The summed E-state index contributed by atoms with van der Waals surface area (Å²) in [6, 6.07) is 3.60. The van der Waals surface area contributed by atoms with Crippen molar-refractivity contribution in [2.24, 2.45) is 0 Å². The van der Waals surface area contributed by atoms with Crippen LogP contribution in [-0.2, 0) is 0 Å². The fourth-order valence-electron chi connectivity index (χ4n) is 1.90. The maximum Gasteiger partial charge on any atom is 0.203 e. The van der Waals surface area contributed by atoms with Crippen LogP contribution >= 0.6 is 0 Å². The summed E-state index contributed by atoms with van der Waals surface area (Å²) in [6.45, 7) is 7.77. The molecule has 1 aromatic rings. The van der Waals surface area contributed by atoms with E-state index in [1.807, 2.05) is 13.8 Å². The molecule has 0 bridgehead atoms. The van der Waals surface area contributed by atoms with Crippen molar-refractivity contribution in [2.45, 2.75) is 26.4 Å². The van der Waals surface area contributed by atoms with Crippen molar-refractivity contribution < 1.29 is 18.9 Å². The predicted octanol–water partition coefficient (Wildman–Crippen LogP) is 2.48. The van der Waals surface area contributed by atoms with Crippen LogP contribution in [0.2, 0.25) is 0 Å². The molecular formula is C15H25NO4. The van der Waals surface area contributed by atoms with Crippen LogP contribution in [0.1, 0.15) is 20.8 Å². The van der Waals surface area contributed by atoms with E-state index in [4.69, 9.17) is 18.9 Å². The van der Waals surface area contributed by atoms with Crippen LogP contribution in [0.25, 0.3) is 0 Å². The van der Waals surface area contributed by atoms with Gasteiger partial charge in [-0.05, 0) is 20.4 Å². The molecule has 0 saturated heterocycles. The maximum absolute atomic E-state index is 6.01. The summed E-state index contributed by atoms with van der Waals surface area (Å²) in [5.74, 6) is 2.41. The molecule has 114 valence electrons. The number of hydrogen-bond acceptors (Lipinski definition) is 5. The zero-order valence-corrected chi connectivity index (χ0v) is 13.2. The summed E-state index contributed by atoms with van der Waals surface area (Å²) in [4.78, 5) is 0. The van der Waals surface area contributed by atoms with Gasteiger partial charge in [0.1, 0.15) is 11.4 Å². The molecule has 0 aromatic heterocycles.